The second-order valence-corrected chi connectivity index (χ2v) is 7.97. The third kappa shape index (κ3) is 4.95. The Balaban J connectivity index is 3.15. The van der Waals surface area contributed by atoms with Gasteiger partial charge in [-0.05, 0) is 37.0 Å². The summed E-state index contributed by atoms with van der Waals surface area (Å²) >= 11 is 3.35. The van der Waals surface area contributed by atoms with E-state index >= 15 is 0 Å². The number of benzene rings is 1. The van der Waals surface area contributed by atoms with E-state index in [1.165, 1.54) is 7.11 Å². The summed E-state index contributed by atoms with van der Waals surface area (Å²) in [6.07, 6.45) is 0.686. The van der Waals surface area contributed by atoms with E-state index < -0.39 is 10.0 Å². The van der Waals surface area contributed by atoms with Gasteiger partial charge in [0.2, 0.25) is 10.0 Å². The summed E-state index contributed by atoms with van der Waals surface area (Å²) < 4.78 is 33.7. The quantitative estimate of drug-likeness (QED) is 0.763. The minimum Gasteiger partial charge on any atom is -0.495 e. The zero-order valence-corrected chi connectivity index (χ0v) is 15.2. The van der Waals surface area contributed by atoms with Gasteiger partial charge in [0.25, 0.3) is 0 Å². The fourth-order valence-corrected chi connectivity index (χ4v) is 3.98. The molecule has 5 nitrogen and oxygen atoms in total. The lowest BCUT2D eigenvalue weighted by Crippen LogP contribution is -2.41. The van der Waals surface area contributed by atoms with Gasteiger partial charge in [-0.2, -0.15) is 0 Å². The smallest absolute Gasteiger partial charge is 0.244 e. The number of ether oxygens (including phenoxy) is 1. The van der Waals surface area contributed by atoms with Gasteiger partial charge in [0.15, 0.2) is 0 Å². The first-order chi connectivity index (χ1) is 9.71. The largest absolute Gasteiger partial charge is 0.495 e. The van der Waals surface area contributed by atoms with Crippen LogP contribution in [-0.4, -0.2) is 28.1 Å². The van der Waals surface area contributed by atoms with Gasteiger partial charge in [0.1, 0.15) is 10.6 Å². The summed E-state index contributed by atoms with van der Waals surface area (Å²) in [6.45, 7) is 6.19. The third-order valence-electron chi connectivity index (χ3n) is 3.10. The topological polar surface area (TPSA) is 81.4 Å². The van der Waals surface area contributed by atoms with Crippen molar-refractivity contribution in [3.05, 3.63) is 22.2 Å². The first-order valence-electron chi connectivity index (χ1n) is 6.77. The Morgan fingerprint density at radius 1 is 1.38 bits per heavy atom. The van der Waals surface area contributed by atoms with Crippen LogP contribution < -0.4 is 15.2 Å². The van der Waals surface area contributed by atoms with E-state index in [2.05, 4.69) is 20.7 Å². The van der Waals surface area contributed by atoms with Crippen molar-refractivity contribution < 1.29 is 13.2 Å². The molecule has 21 heavy (non-hydrogen) atoms. The molecule has 0 bridgehead atoms. The molecule has 3 N–H and O–H groups in total. The number of aryl methyl sites for hydroxylation is 1. The number of halogens is 1. The highest BCUT2D eigenvalue weighted by Crippen LogP contribution is 2.30. The molecule has 0 aliphatic rings. The molecule has 1 rings (SSSR count). The molecule has 0 heterocycles. The molecule has 1 aromatic carbocycles. The molecule has 1 atom stereocenters. The van der Waals surface area contributed by atoms with Crippen LogP contribution in [0.25, 0.3) is 0 Å². The van der Waals surface area contributed by atoms with Crippen molar-refractivity contribution in [2.45, 2.75) is 38.1 Å². The summed E-state index contributed by atoms with van der Waals surface area (Å²) in [5.41, 5.74) is 6.57. The van der Waals surface area contributed by atoms with E-state index in [4.69, 9.17) is 10.5 Å². The predicted molar refractivity (Wildman–Crippen MR) is 88.0 cm³/mol. The van der Waals surface area contributed by atoms with Crippen molar-refractivity contribution in [1.29, 1.82) is 0 Å². The van der Waals surface area contributed by atoms with E-state index in [9.17, 15) is 8.42 Å². The lowest BCUT2D eigenvalue weighted by atomic mass is 10.1. The zero-order valence-electron chi connectivity index (χ0n) is 12.8. The summed E-state index contributed by atoms with van der Waals surface area (Å²) in [6, 6.07) is 2.96. The van der Waals surface area contributed by atoms with Gasteiger partial charge in [-0.1, -0.05) is 29.8 Å². The maximum Gasteiger partial charge on any atom is 0.244 e. The van der Waals surface area contributed by atoms with Crippen molar-refractivity contribution in [3.63, 3.8) is 0 Å². The van der Waals surface area contributed by atoms with Gasteiger partial charge in [-0.25, -0.2) is 13.1 Å². The Bertz CT molecular complexity index is 588. The summed E-state index contributed by atoms with van der Waals surface area (Å²) in [5, 5.41) is 0. The zero-order chi connectivity index (χ0) is 16.2. The average Bonchev–Trinajstić information content (AvgIpc) is 2.39. The van der Waals surface area contributed by atoms with Crippen LogP contribution in [0.3, 0.4) is 0 Å². The third-order valence-corrected chi connectivity index (χ3v) is 5.49. The number of methoxy groups -OCH3 is 1. The van der Waals surface area contributed by atoms with E-state index in [0.717, 1.165) is 10.0 Å². The Kier molecular flexibility index (Phi) is 6.65. The molecule has 0 amide bonds. The van der Waals surface area contributed by atoms with Gasteiger partial charge >= 0.3 is 0 Å². The van der Waals surface area contributed by atoms with Crippen molar-refractivity contribution >= 4 is 26.0 Å². The Hall–Kier alpha value is -0.630. The molecule has 1 unspecified atom stereocenters. The van der Waals surface area contributed by atoms with Gasteiger partial charge < -0.3 is 10.5 Å². The van der Waals surface area contributed by atoms with Crippen LogP contribution in [0.15, 0.2) is 21.5 Å². The lowest BCUT2D eigenvalue weighted by molar-refractivity contribution is 0.400. The molecule has 0 radical (unpaired) electrons. The predicted octanol–water partition coefficient (Wildman–Crippen LogP) is 2.42. The normalized spacial score (nSPS) is 13.5. The summed E-state index contributed by atoms with van der Waals surface area (Å²) in [4.78, 5) is 0.115. The molecular formula is C14H23BrN2O3S. The molecule has 0 spiro atoms. The molecule has 1 aromatic rings. The summed E-state index contributed by atoms with van der Waals surface area (Å²) in [5.74, 6) is 0.677. The number of hydrogen-bond acceptors (Lipinski definition) is 4. The van der Waals surface area contributed by atoms with E-state index in [0.29, 0.717) is 18.1 Å². The van der Waals surface area contributed by atoms with Gasteiger partial charge in [-0.15, -0.1) is 0 Å². The maximum absolute atomic E-state index is 12.6. The Morgan fingerprint density at radius 2 is 2.00 bits per heavy atom. The lowest BCUT2D eigenvalue weighted by Gasteiger charge is -2.20. The number of rotatable bonds is 7. The van der Waals surface area contributed by atoms with Crippen LogP contribution in [0.1, 0.15) is 25.8 Å². The van der Waals surface area contributed by atoms with Crippen molar-refractivity contribution in [2.75, 3.05) is 13.7 Å². The van der Waals surface area contributed by atoms with E-state index in [-0.39, 0.29) is 17.5 Å². The monoisotopic (exact) mass is 378 g/mol. The minimum atomic E-state index is -3.68. The molecule has 0 saturated heterocycles. The highest BCUT2D eigenvalue weighted by atomic mass is 79.9. The van der Waals surface area contributed by atoms with Crippen LogP contribution in [-0.2, 0) is 10.0 Å². The second kappa shape index (κ2) is 7.58. The van der Waals surface area contributed by atoms with Gasteiger partial charge in [-0.3, -0.25) is 0 Å². The molecule has 7 heteroatoms. The highest BCUT2D eigenvalue weighted by molar-refractivity contribution is 9.10. The van der Waals surface area contributed by atoms with Crippen molar-refractivity contribution in [1.82, 2.24) is 4.72 Å². The number of nitrogens with one attached hydrogen (secondary N) is 1. The molecule has 0 aliphatic carbocycles. The molecule has 0 fully saturated rings. The Morgan fingerprint density at radius 3 is 2.48 bits per heavy atom. The van der Waals surface area contributed by atoms with Crippen molar-refractivity contribution in [2.24, 2.45) is 11.7 Å². The van der Waals surface area contributed by atoms with E-state index in [1.54, 1.807) is 12.1 Å². The SMILES string of the molecule is COc1cc(C)c(Br)cc1S(=O)(=O)NC(CN)CC(C)C. The average molecular weight is 379 g/mol. The fraction of sp³-hybridized carbons (Fsp3) is 0.571. The van der Waals surface area contributed by atoms with Crippen LogP contribution in [0.2, 0.25) is 0 Å². The van der Waals surface area contributed by atoms with Crippen LogP contribution >= 0.6 is 15.9 Å². The first kappa shape index (κ1) is 18.4. The Labute approximate surface area is 135 Å². The molecule has 0 aliphatic heterocycles. The standard InChI is InChI=1S/C14H23BrN2O3S/c1-9(2)5-11(8-16)17-21(18,19)14-7-12(15)10(3)6-13(14)20-4/h6-7,9,11,17H,5,8,16H2,1-4H3. The van der Waals surface area contributed by atoms with Crippen LogP contribution in [0.4, 0.5) is 0 Å². The number of hydrogen-bond donors (Lipinski definition) is 2. The van der Waals surface area contributed by atoms with Gasteiger partial charge in [0, 0.05) is 17.1 Å². The molecule has 120 valence electrons. The molecule has 0 aromatic heterocycles. The minimum absolute atomic E-state index is 0.115. The van der Waals surface area contributed by atoms with Crippen molar-refractivity contribution in [3.8, 4) is 5.75 Å². The maximum atomic E-state index is 12.6. The van der Waals surface area contributed by atoms with Crippen LogP contribution in [0, 0.1) is 12.8 Å². The highest BCUT2D eigenvalue weighted by Gasteiger charge is 2.24. The van der Waals surface area contributed by atoms with Crippen LogP contribution in [0.5, 0.6) is 5.75 Å². The molecule has 0 saturated carbocycles. The number of nitrogens with two attached hydrogens (primary N) is 1. The number of sulfonamides is 1. The molecular weight excluding hydrogens is 356 g/mol. The fourth-order valence-electron chi connectivity index (χ4n) is 2.05. The summed E-state index contributed by atoms with van der Waals surface area (Å²) in [7, 11) is -2.23. The first-order valence-corrected chi connectivity index (χ1v) is 9.05. The second-order valence-electron chi connectivity index (χ2n) is 5.44. The van der Waals surface area contributed by atoms with Gasteiger partial charge in [0.05, 0.1) is 7.11 Å². The van der Waals surface area contributed by atoms with E-state index in [1.807, 2.05) is 20.8 Å².